The molecule has 0 radical (unpaired) electrons. The Kier molecular flexibility index (Phi) is 7.06. The van der Waals surface area contributed by atoms with Crippen LogP contribution in [0.5, 0.6) is 11.5 Å². The molecule has 2 rings (SSSR count). The fourth-order valence-electron chi connectivity index (χ4n) is 2.55. The van der Waals surface area contributed by atoms with Gasteiger partial charge in [-0.2, -0.15) is 0 Å². The maximum atomic E-state index is 12.5. The number of benzene rings is 1. The predicted molar refractivity (Wildman–Crippen MR) is 103 cm³/mol. The van der Waals surface area contributed by atoms with Crippen molar-refractivity contribution in [1.29, 1.82) is 0 Å². The number of carbonyl (C=O) groups is 3. The number of ether oxygens (including phenoxy) is 3. The number of hydrogen-bond donors (Lipinski definition) is 0. The molecule has 1 aromatic rings. The average molecular weight is 391 g/mol. The van der Waals surface area contributed by atoms with E-state index < -0.39 is 23.7 Å². The minimum atomic E-state index is -0.658. The van der Waals surface area contributed by atoms with Crippen molar-refractivity contribution in [2.75, 3.05) is 27.4 Å². The zero-order valence-electron chi connectivity index (χ0n) is 15.4. The van der Waals surface area contributed by atoms with Gasteiger partial charge in [-0.05, 0) is 48.9 Å². The maximum absolute atomic E-state index is 12.5. The summed E-state index contributed by atoms with van der Waals surface area (Å²) in [6, 6.07) is 3.58. The number of nitrogens with zero attached hydrogens (tertiary/aromatic N) is 1. The SMILES string of the molecule is C=CCc1cc(/C=C2\SC(=O)N(CC(=O)OC)C2=O)cc(OCC)c1OC. The number of carbonyl (C=O) groups excluding carboxylic acids is 3. The summed E-state index contributed by atoms with van der Waals surface area (Å²) in [4.78, 5) is 37.0. The highest BCUT2D eigenvalue weighted by Crippen LogP contribution is 2.37. The highest BCUT2D eigenvalue weighted by molar-refractivity contribution is 8.18. The van der Waals surface area contributed by atoms with Crippen LogP contribution in [-0.4, -0.2) is 49.4 Å². The van der Waals surface area contributed by atoms with Crippen molar-refractivity contribution < 1.29 is 28.6 Å². The molecule has 0 bridgehead atoms. The van der Waals surface area contributed by atoms with Gasteiger partial charge in [-0.15, -0.1) is 6.58 Å². The quantitative estimate of drug-likeness (QED) is 0.383. The Balaban J connectivity index is 2.40. The first-order chi connectivity index (χ1) is 12.9. The standard InChI is InChI=1S/C19H21NO6S/c1-5-7-13-8-12(9-14(26-6-2)17(13)25-4)10-15-18(22)20(19(23)27-15)11-16(21)24-3/h5,8-10H,1,6-7,11H2,2-4H3/b15-10-. The highest BCUT2D eigenvalue weighted by atomic mass is 32.2. The lowest BCUT2D eigenvalue weighted by molar-refractivity contribution is -0.143. The van der Waals surface area contributed by atoms with E-state index in [0.29, 0.717) is 30.1 Å². The number of amides is 2. The number of methoxy groups -OCH3 is 2. The highest BCUT2D eigenvalue weighted by Gasteiger charge is 2.36. The van der Waals surface area contributed by atoms with E-state index in [1.165, 1.54) is 7.11 Å². The number of allylic oxidation sites excluding steroid dienone is 1. The predicted octanol–water partition coefficient (Wildman–Crippen LogP) is 3.03. The molecule has 2 amide bonds. The molecule has 1 aromatic carbocycles. The monoisotopic (exact) mass is 391 g/mol. The van der Waals surface area contributed by atoms with Crippen molar-refractivity contribution in [3.8, 4) is 11.5 Å². The molecule has 27 heavy (non-hydrogen) atoms. The van der Waals surface area contributed by atoms with Crippen molar-refractivity contribution in [1.82, 2.24) is 4.90 Å². The minimum absolute atomic E-state index is 0.223. The zero-order valence-corrected chi connectivity index (χ0v) is 16.3. The summed E-state index contributed by atoms with van der Waals surface area (Å²) < 4.78 is 15.6. The van der Waals surface area contributed by atoms with E-state index in [9.17, 15) is 14.4 Å². The van der Waals surface area contributed by atoms with E-state index in [1.807, 2.05) is 13.0 Å². The van der Waals surface area contributed by atoms with Gasteiger partial charge in [0, 0.05) is 5.56 Å². The minimum Gasteiger partial charge on any atom is -0.493 e. The first-order valence-corrected chi connectivity index (χ1v) is 9.03. The summed E-state index contributed by atoms with van der Waals surface area (Å²) in [5.41, 5.74) is 1.53. The van der Waals surface area contributed by atoms with Gasteiger partial charge in [0.05, 0.1) is 25.7 Å². The van der Waals surface area contributed by atoms with Crippen LogP contribution >= 0.6 is 11.8 Å². The summed E-state index contributed by atoms with van der Waals surface area (Å²) in [7, 11) is 2.76. The Bertz CT molecular complexity index is 802. The molecule has 1 heterocycles. The molecule has 0 atom stereocenters. The molecule has 1 aliphatic heterocycles. The van der Waals surface area contributed by atoms with E-state index in [4.69, 9.17) is 9.47 Å². The summed E-state index contributed by atoms with van der Waals surface area (Å²) in [5.74, 6) is -0.0450. The van der Waals surface area contributed by atoms with Crippen LogP contribution in [0.3, 0.4) is 0 Å². The van der Waals surface area contributed by atoms with Gasteiger partial charge in [-0.1, -0.05) is 6.08 Å². The lowest BCUT2D eigenvalue weighted by Gasteiger charge is -2.14. The second-order valence-corrected chi connectivity index (χ2v) is 6.47. The van der Waals surface area contributed by atoms with Crippen LogP contribution in [-0.2, 0) is 20.7 Å². The Hall–Kier alpha value is -2.74. The van der Waals surface area contributed by atoms with Gasteiger partial charge in [-0.25, -0.2) is 0 Å². The van der Waals surface area contributed by atoms with Gasteiger partial charge in [-0.3, -0.25) is 19.3 Å². The van der Waals surface area contributed by atoms with Gasteiger partial charge >= 0.3 is 5.97 Å². The van der Waals surface area contributed by atoms with Crippen molar-refractivity contribution >= 4 is 35.0 Å². The van der Waals surface area contributed by atoms with Crippen molar-refractivity contribution in [2.24, 2.45) is 0 Å². The lowest BCUT2D eigenvalue weighted by Crippen LogP contribution is -2.34. The van der Waals surface area contributed by atoms with Crippen LogP contribution in [0.25, 0.3) is 6.08 Å². The molecule has 7 nitrogen and oxygen atoms in total. The number of esters is 1. The summed E-state index contributed by atoms with van der Waals surface area (Å²) in [6.45, 7) is 5.64. The first-order valence-electron chi connectivity index (χ1n) is 8.21. The fraction of sp³-hybridized carbons (Fsp3) is 0.316. The largest absolute Gasteiger partial charge is 0.493 e. The lowest BCUT2D eigenvalue weighted by atomic mass is 10.0. The third kappa shape index (κ3) is 4.71. The molecule has 0 unspecified atom stereocenters. The van der Waals surface area contributed by atoms with Gasteiger partial charge in [0.1, 0.15) is 6.54 Å². The van der Waals surface area contributed by atoms with E-state index in [1.54, 1.807) is 25.3 Å². The molecule has 1 saturated heterocycles. The summed E-state index contributed by atoms with van der Waals surface area (Å²) >= 11 is 0.776. The summed E-state index contributed by atoms with van der Waals surface area (Å²) in [6.07, 6.45) is 3.88. The smallest absolute Gasteiger partial charge is 0.325 e. The molecule has 0 spiro atoms. The van der Waals surface area contributed by atoms with Crippen molar-refractivity contribution in [2.45, 2.75) is 13.3 Å². The number of hydrogen-bond acceptors (Lipinski definition) is 7. The van der Waals surface area contributed by atoms with Gasteiger partial charge in [0.2, 0.25) is 0 Å². The van der Waals surface area contributed by atoms with E-state index in [2.05, 4.69) is 11.3 Å². The van der Waals surface area contributed by atoms with Crippen LogP contribution < -0.4 is 9.47 Å². The Labute approximate surface area is 161 Å². The fourth-order valence-corrected chi connectivity index (χ4v) is 3.39. The molecule has 0 aliphatic carbocycles. The van der Waals surface area contributed by atoms with Gasteiger partial charge < -0.3 is 14.2 Å². The molecule has 0 N–H and O–H groups in total. The van der Waals surface area contributed by atoms with Crippen molar-refractivity contribution in [3.63, 3.8) is 0 Å². The van der Waals surface area contributed by atoms with Crippen molar-refractivity contribution in [3.05, 3.63) is 40.8 Å². The third-order valence-corrected chi connectivity index (χ3v) is 4.62. The molecule has 0 aromatic heterocycles. The van der Waals surface area contributed by atoms with E-state index >= 15 is 0 Å². The molecule has 1 aliphatic rings. The first kappa shape index (κ1) is 20.6. The molecular weight excluding hydrogens is 370 g/mol. The topological polar surface area (TPSA) is 82.1 Å². The van der Waals surface area contributed by atoms with E-state index in [-0.39, 0.29) is 4.91 Å². The zero-order chi connectivity index (χ0) is 20.0. The second-order valence-electron chi connectivity index (χ2n) is 5.48. The van der Waals surface area contributed by atoms with Gasteiger partial charge in [0.15, 0.2) is 11.5 Å². The van der Waals surface area contributed by atoms with E-state index in [0.717, 1.165) is 22.2 Å². The molecular formula is C19H21NO6S. The molecule has 144 valence electrons. The van der Waals surface area contributed by atoms with Crippen LogP contribution in [0.15, 0.2) is 29.7 Å². The normalized spacial score (nSPS) is 15.2. The molecule has 1 fully saturated rings. The van der Waals surface area contributed by atoms with Gasteiger partial charge in [0.25, 0.3) is 11.1 Å². The number of rotatable bonds is 8. The van der Waals surface area contributed by atoms with Crippen LogP contribution in [0.1, 0.15) is 18.1 Å². The Morgan fingerprint density at radius 3 is 2.63 bits per heavy atom. The average Bonchev–Trinajstić information content (AvgIpc) is 2.89. The second kappa shape index (κ2) is 9.27. The number of imide groups is 1. The molecule has 8 heteroatoms. The third-order valence-electron chi connectivity index (χ3n) is 3.71. The maximum Gasteiger partial charge on any atom is 0.325 e. The van der Waals surface area contributed by atoms with Crippen LogP contribution in [0.2, 0.25) is 0 Å². The Morgan fingerprint density at radius 1 is 1.30 bits per heavy atom. The molecule has 0 saturated carbocycles. The van der Waals surface area contributed by atoms with Crippen LogP contribution in [0, 0.1) is 0 Å². The number of thioether (sulfide) groups is 1. The van der Waals surface area contributed by atoms with Crippen LogP contribution in [0.4, 0.5) is 4.79 Å². The summed E-state index contributed by atoms with van der Waals surface area (Å²) in [5, 5.41) is -0.512. The Morgan fingerprint density at radius 2 is 2.04 bits per heavy atom.